The Morgan fingerprint density at radius 2 is 1.87 bits per heavy atom. The van der Waals surface area contributed by atoms with Gasteiger partial charge < -0.3 is 23.8 Å². The topological polar surface area (TPSA) is 72.7 Å². The Morgan fingerprint density at radius 1 is 1.05 bits per heavy atom. The highest BCUT2D eigenvalue weighted by molar-refractivity contribution is 5.94. The Bertz CT molecular complexity index is 1310. The number of hydrogen-bond donors (Lipinski definition) is 0. The number of ether oxygens (including phenoxy) is 2. The number of rotatable bonds is 8. The van der Waals surface area contributed by atoms with E-state index in [-0.39, 0.29) is 5.91 Å². The number of benzene rings is 1. The van der Waals surface area contributed by atoms with Crippen LogP contribution in [0.4, 0.5) is 5.69 Å². The van der Waals surface area contributed by atoms with Crippen LogP contribution < -0.4 is 4.90 Å². The van der Waals surface area contributed by atoms with Crippen molar-refractivity contribution in [1.29, 1.82) is 0 Å². The lowest BCUT2D eigenvalue weighted by atomic mass is 9.85. The average Bonchev–Trinajstić information content (AvgIpc) is 3.42. The molecule has 0 spiro atoms. The first kappa shape index (κ1) is 27.2. The van der Waals surface area contributed by atoms with Crippen molar-refractivity contribution in [2.45, 2.75) is 51.6 Å². The maximum atomic E-state index is 12.1. The molecule has 0 atom stereocenters. The molecule has 2 fully saturated rings. The van der Waals surface area contributed by atoms with E-state index >= 15 is 0 Å². The summed E-state index contributed by atoms with van der Waals surface area (Å²) in [5, 5.41) is 1.18. The van der Waals surface area contributed by atoms with Gasteiger partial charge in [-0.3, -0.25) is 4.79 Å². The van der Waals surface area contributed by atoms with Crippen LogP contribution in [0, 0.1) is 17.8 Å². The summed E-state index contributed by atoms with van der Waals surface area (Å²) in [6, 6.07) is 10.5. The molecule has 1 aliphatic carbocycles. The van der Waals surface area contributed by atoms with Crippen LogP contribution in [-0.2, 0) is 14.3 Å². The van der Waals surface area contributed by atoms with Crippen molar-refractivity contribution in [1.82, 2.24) is 19.4 Å². The predicted octanol–water partition coefficient (Wildman–Crippen LogP) is 4.44. The van der Waals surface area contributed by atoms with Crippen molar-refractivity contribution in [2.75, 3.05) is 51.4 Å². The Labute approximate surface area is 231 Å². The molecule has 2 aromatic heterocycles. The number of anilines is 1. The summed E-state index contributed by atoms with van der Waals surface area (Å²) in [4.78, 5) is 25.6. The second-order valence-electron chi connectivity index (χ2n) is 10.4. The number of hydrogen-bond acceptors (Lipinski definition) is 6. The largest absolute Gasteiger partial charge is 0.382 e. The molecule has 0 unspecified atom stereocenters. The third-order valence-electron chi connectivity index (χ3n) is 7.90. The Kier molecular flexibility index (Phi) is 9.12. The van der Waals surface area contributed by atoms with Crippen LogP contribution in [0.3, 0.4) is 0 Å². The fourth-order valence-electron chi connectivity index (χ4n) is 5.67. The third-order valence-corrected chi connectivity index (χ3v) is 7.90. The minimum atomic E-state index is 0.234. The summed E-state index contributed by atoms with van der Waals surface area (Å²) in [7, 11) is 1.71. The van der Waals surface area contributed by atoms with Crippen LogP contribution in [0.2, 0.25) is 0 Å². The summed E-state index contributed by atoms with van der Waals surface area (Å²) in [6.45, 7) is 6.47. The predicted molar refractivity (Wildman–Crippen MR) is 153 cm³/mol. The Morgan fingerprint density at radius 3 is 2.64 bits per heavy atom. The van der Waals surface area contributed by atoms with E-state index in [1.54, 1.807) is 13.3 Å². The van der Waals surface area contributed by atoms with Crippen LogP contribution in [0.15, 0.2) is 42.7 Å². The van der Waals surface area contributed by atoms with Gasteiger partial charge in [-0.2, -0.15) is 0 Å². The summed E-state index contributed by atoms with van der Waals surface area (Å²) >= 11 is 0. The number of carbonyl (C=O) groups is 1. The number of piperazine rings is 1. The number of fused-ring (bicyclic) bond motifs is 1. The molecule has 2 aliphatic rings. The van der Waals surface area contributed by atoms with Gasteiger partial charge in [0.05, 0.1) is 24.8 Å². The van der Waals surface area contributed by atoms with Gasteiger partial charge in [0.2, 0.25) is 11.7 Å². The lowest BCUT2D eigenvalue weighted by Crippen LogP contribution is -2.48. The highest BCUT2D eigenvalue weighted by Gasteiger charge is 2.22. The van der Waals surface area contributed by atoms with Gasteiger partial charge in [0.1, 0.15) is 5.82 Å². The summed E-state index contributed by atoms with van der Waals surface area (Å²) in [5.74, 6) is 8.75. The first-order valence-electron chi connectivity index (χ1n) is 14.2. The van der Waals surface area contributed by atoms with Crippen molar-refractivity contribution >= 4 is 22.5 Å². The normalized spacial score (nSPS) is 19.6. The van der Waals surface area contributed by atoms with Crippen LogP contribution >= 0.6 is 0 Å². The van der Waals surface area contributed by atoms with E-state index in [0.717, 1.165) is 69.6 Å². The maximum Gasteiger partial charge on any atom is 0.222 e. The monoisotopic (exact) mass is 529 g/mol. The minimum Gasteiger partial charge on any atom is -0.382 e. The van der Waals surface area contributed by atoms with E-state index in [0.29, 0.717) is 37.5 Å². The molecular weight excluding hydrogens is 490 g/mol. The third kappa shape index (κ3) is 6.60. The molecule has 8 heteroatoms. The molecule has 1 amide bonds. The van der Waals surface area contributed by atoms with Gasteiger partial charge in [-0.05, 0) is 61.8 Å². The highest BCUT2D eigenvalue weighted by Crippen LogP contribution is 2.30. The van der Waals surface area contributed by atoms with Crippen LogP contribution in [0.5, 0.6) is 0 Å². The SMILES string of the molecule is CCC(=O)N1CCN(c2cccc3c2ccn3-c2ccnc(C#CCC3CCC(OCCOC)CC3)n2)CC1. The van der Waals surface area contributed by atoms with E-state index in [9.17, 15) is 4.79 Å². The quantitative estimate of drug-likeness (QED) is 0.317. The van der Waals surface area contributed by atoms with Crippen LogP contribution in [-0.4, -0.2) is 77.9 Å². The molecule has 3 heterocycles. The van der Waals surface area contributed by atoms with Gasteiger partial charge in [-0.15, -0.1) is 0 Å². The number of amides is 1. The molecular formula is C31H39N5O3. The van der Waals surface area contributed by atoms with E-state index in [1.165, 1.54) is 11.1 Å². The van der Waals surface area contributed by atoms with Gasteiger partial charge in [-0.25, -0.2) is 9.97 Å². The smallest absolute Gasteiger partial charge is 0.222 e. The molecule has 0 N–H and O–H groups in total. The zero-order valence-corrected chi connectivity index (χ0v) is 23.1. The van der Waals surface area contributed by atoms with Crippen molar-refractivity contribution < 1.29 is 14.3 Å². The molecule has 1 saturated carbocycles. The molecule has 1 aliphatic heterocycles. The average molecular weight is 530 g/mol. The van der Waals surface area contributed by atoms with Gasteiger partial charge >= 0.3 is 0 Å². The van der Waals surface area contributed by atoms with Gasteiger partial charge in [0.15, 0.2) is 0 Å². The summed E-state index contributed by atoms with van der Waals surface area (Å²) in [6.07, 6.45) is 10.1. The number of methoxy groups -OCH3 is 1. The molecule has 8 nitrogen and oxygen atoms in total. The number of carbonyl (C=O) groups excluding carboxylic acids is 1. The lowest BCUT2D eigenvalue weighted by molar-refractivity contribution is -0.131. The molecule has 5 rings (SSSR count). The van der Waals surface area contributed by atoms with E-state index in [4.69, 9.17) is 14.5 Å². The molecule has 39 heavy (non-hydrogen) atoms. The fourth-order valence-corrected chi connectivity index (χ4v) is 5.67. The summed E-state index contributed by atoms with van der Waals surface area (Å²) in [5.41, 5.74) is 2.30. The van der Waals surface area contributed by atoms with E-state index in [2.05, 4.69) is 56.8 Å². The molecule has 206 valence electrons. The second kappa shape index (κ2) is 13.1. The zero-order chi connectivity index (χ0) is 27.0. The van der Waals surface area contributed by atoms with Crippen LogP contribution in [0.25, 0.3) is 16.7 Å². The Balaban J connectivity index is 1.23. The van der Waals surface area contributed by atoms with Crippen molar-refractivity contribution in [3.63, 3.8) is 0 Å². The van der Waals surface area contributed by atoms with E-state index < -0.39 is 0 Å². The van der Waals surface area contributed by atoms with Crippen molar-refractivity contribution in [3.8, 4) is 17.7 Å². The molecule has 1 saturated heterocycles. The maximum absolute atomic E-state index is 12.1. The minimum absolute atomic E-state index is 0.234. The van der Waals surface area contributed by atoms with Crippen LogP contribution in [0.1, 0.15) is 51.3 Å². The van der Waals surface area contributed by atoms with E-state index in [1.807, 2.05) is 17.9 Å². The lowest BCUT2D eigenvalue weighted by Gasteiger charge is -2.36. The highest BCUT2D eigenvalue weighted by atomic mass is 16.5. The molecule has 1 aromatic carbocycles. The molecule has 0 bridgehead atoms. The second-order valence-corrected chi connectivity index (χ2v) is 10.4. The summed E-state index contributed by atoms with van der Waals surface area (Å²) < 4.78 is 13.1. The van der Waals surface area contributed by atoms with Crippen molar-refractivity contribution in [3.05, 3.63) is 48.5 Å². The molecule has 3 aromatic rings. The number of nitrogens with zero attached hydrogens (tertiary/aromatic N) is 5. The van der Waals surface area contributed by atoms with Gasteiger partial charge in [0.25, 0.3) is 0 Å². The first-order valence-corrected chi connectivity index (χ1v) is 14.2. The fraction of sp³-hybridized carbons (Fsp3) is 0.516. The van der Waals surface area contributed by atoms with Gasteiger partial charge in [-0.1, -0.05) is 18.9 Å². The molecule has 0 radical (unpaired) electrons. The standard InChI is InChI=1S/C31H39N5O3/c1-3-31(37)35-20-18-34(19-21-35)27-7-5-8-28-26(27)15-17-36(28)30-14-16-32-29(33-30)9-4-6-24-10-12-25(13-11-24)39-23-22-38-2/h5,7-8,14-17,24-25H,3,6,10-13,18-23H2,1-2H3. The van der Waals surface area contributed by atoms with Crippen molar-refractivity contribution in [2.24, 2.45) is 5.92 Å². The first-order chi connectivity index (χ1) is 19.2. The number of aromatic nitrogens is 3. The zero-order valence-electron chi connectivity index (χ0n) is 23.1. The van der Waals surface area contributed by atoms with Gasteiger partial charge in [0, 0.05) is 69.6 Å². The Hall–Kier alpha value is -3.41.